The van der Waals surface area contributed by atoms with E-state index in [9.17, 15) is 5.11 Å². The number of piperidine rings is 1. The van der Waals surface area contributed by atoms with E-state index in [1.54, 1.807) is 6.20 Å². The van der Waals surface area contributed by atoms with Gasteiger partial charge in [-0.1, -0.05) is 30.4 Å². The second kappa shape index (κ2) is 7.34. The number of thioether (sulfide) groups is 1. The molecule has 3 nitrogen and oxygen atoms in total. The lowest BCUT2D eigenvalue weighted by molar-refractivity contribution is 0.115. The zero-order valence-corrected chi connectivity index (χ0v) is 15.1. The molecule has 0 aliphatic carbocycles. The third kappa shape index (κ3) is 4.15. The van der Waals surface area contributed by atoms with Gasteiger partial charge in [0.15, 0.2) is 0 Å². The van der Waals surface area contributed by atoms with E-state index in [1.807, 2.05) is 17.8 Å². The van der Waals surface area contributed by atoms with Gasteiger partial charge in [0.05, 0.1) is 11.3 Å². The molecule has 23 heavy (non-hydrogen) atoms. The minimum atomic E-state index is 0.0419. The van der Waals surface area contributed by atoms with Gasteiger partial charge >= 0.3 is 0 Å². The van der Waals surface area contributed by atoms with Crippen LogP contribution in [0.1, 0.15) is 31.7 Å². The lowest BCUT2D eigenvalue weighted by atomic mass is 9.81. The number of aromatic nitrogens is 1. The summed E-state index contributed by atoms with van der Waals surface area (Å²) in [5, 5.41) is 10.0. The molecule has 0 radical (unpaired) electrons. The van der Waals surface area contributed by atoms with Crippen LogP contribution in [-0.2, 0) is 0 Å². The van der Waals surface area contributed by atoms with Crippen LogP contribution < -0.4 is 4.90 Å². The van der Waals surface area contributed by atoms with Crippen molar-refractivity contribution in [3.05, 3.63) is 23.0 Å². The first kappa shape index (κ1) is 17.0. The van der Waals surface area contributed by atoms with Crippen molar-refractivity contribution in [2.24, 2.45) is 11.3 Å². The summed E-state index contributed by atoms with van der Waals surface area (Å²) in [4.78, 5) is 6.55. The van der Waals surface area contributed by atoms with E-state index in [0.29, 0.717) is 11.1 Å². The van der Waals surface area contributed by atoms with Gasteiger partial charge in [0.25, 0.3) is 0 Å². The molecule has 1 aromatic rings. The largest absolute Gasteiger partial charge is 0.396 e. The van der Waals surface area contributed by atoms with Crippen molar-refractivity contribution in [2.75, 3.05) is 36.1 Å². The minimum Gasteiger partial charge on any atom is -0.396 e. The molecule has 1 N–H and O–H groups in total. The number of aliphatic hydroxyl groups is 1. The molecule has 124 valence electrons. The van der Waals surface area contributed by atoms with Crippen LogP contribution in [0.25, 0.3) is 0 Å². The van der Waals surface area contributed by atoms with E-state index in [4.69, 9.17) is 11.6 Å². The average molecular weight is 351 g/mol. The van der Waals surface area contributed by atoms with Gasteiger partial charge in [-0.2, -0.15) is 11.8 Å². The minimum absolute atomic E-state index is 0.0419. The molecule has 2 saturated heterocycles. The molecule has 2 aliphatic rings. The van der Waals surface area contributed by atoms with Crippen molar-refractivity contribution in [2.45, 2.75) is 26.2 Å². The van der Waals surface area contributed by atoms with Crippen molar-refractivity contribution in [1.82, 2.24) is 4.98 Å². The summed E-state index contributed by atoms with van der Waals surface area (Å²) in [5.74, 6) is 9.60. The van der Waals surface area contributed by atoms with Crippen molar-refractivity contribution in [3.63, 3.8) is 0 Å². The highest BCUT2D eigenvalue weighted by molar-refractivity contribution is 7.99. The molecule has 3 heterocycles. The van der Waals surface area contributed by atoms with Gasteiger partial charge in [0.1, 0.15) is 5.15 Å². The number of anilines is 1. The van der Waals surface area contributed by atoms with E-state index in [2.05, 4.69) is 28.6 Å². The quantitative estimate of drug-likeness (QED) is 0.654. The Morgan fingerprint density at radius 1 is 1.48 bits per heavy atom. The fraction of sp³-hybridized carbons (Fsp3) is 0.611. The molecule has 1 unspecified atom stereocenters. The van der Waals surface area contributed by atoms with Crippen LogP contribution in [0.4, 0.5) is 5.69 Å². The van der Waals surface area contributed by atoms with E-state index in [-0.39, 0.29) is 12.0 Å². The zero-order valence-electron chi connectivity index (χ0n) is 13.5. The van der Waals surface area contributed by atoms with Crippen LogP contribution in [0, 0.1) is 23.2 Å². The summed E-state index contributed by atoms with van der Waals surface area (Å²) < 4.78 is 0. The van der Waals surface area contributed by atoms with E-state index in [0.717, 1.165) is 42.9 Å². The summed E-state index contributed by atoms with van der Waals surface area (Å²) in [6, 6.07) is 1.93. The first-order chi connectivity index (χ1) is 11.1. The molecule has 0 spiro atoms. The predicted octanol–water partition coefficient (Wildman–Crippen LogP) is 3.44. The van der Waals surface area contributed by atoms with E-state index < -0.39 is 0 Å². The van der Waals surface area contributed by atoms with Crippen LogP contribution in [0.2, 0.25) is 5.15 Å². The maximum absolute atomic E-state index is 9.54. The Labute approximate surface area is 147 Å². The molecule has 0 aromatic carbocycles. The second-order valence-electron chi connectivity index (χ2n) is 6.81. The van der Waals surface area contributed by atoms with Crippen LogP contribution in [-0.4, -0.2) is 41.3 Å². The van der Waals surface area contributed by atoms with Crippen LogP contribution >= 0.6 is 23.4 Å². The Balaban J connectivity index is 1.79. The van der Waals surface area contributed by atoms with E-state index >= 15 is 0 Å². The summed E-state index contributed by atoms with van der Waals surface area (Å²) in [5.41, 5.74) is 2.10. The van der Waals surface area contributed by atoms with Crippen molar-refractivity contribution >= 4 is 29.1 Å². The van der Waals surface area contributed by atoms with Gasteiger partial charge in [-0.3, -0.25) is 0 Å². The number of hydrogen-bond donors (Lipinski definition) is 1. The number of hydrogen-bond acceptors (Lipinski definition) is 4. The number of rotatable bonds is 2. The third-order valence-electron chi connectivity index (χ3n) is 4.88. The zero-order chi connectivity index (χ0) is 16.3. The summed E-state index contributed by atoms with van der Waals surface area (Å²) in [7, 11) is 0. The maximum Gasteiger partial charge on any atom is 0.131 e. The molecule has 2 aliphatic heterocycles. The smallest absolute Gasteiger partial charge is 0.131 e. The standard InChI is InChI=1S/C18H23ClN2OS/c1-18(13-22)5-7-21(8-6-18)16-10-17(19)20-11-15(16)3-2-14-4-9-23-12-14/h10-11,14,22H,4-9,12-13H2,1H3. The lowest BCUT2D eigenvalue weighted by Gasteiger charge is -2.39. The van der Waals surface area contributed by atoms with E-state index in [1.165, 1.54) is 12.2 Å². The Bertz CT molecular complexity index is 611. The molecule has 3 rings (SSSR count). The number of pyridine rings is 1. The highest BCUT2D eigenvalue weighted by Gasteiger charge is 2.30. The molecule has 5 heteroatoms. The summed E-state index contributed by atoms with van der Waals surface area (Å²) >= 11 is 8.10. The fourth-order valence-electron chi connectivity index (χ4n) is 3.05. The molecule has 0 bridgehead atoms. The van der Waals surface area contributed by atoms with Gasteiger partial charge in [0, 0.05) is 43.6 Å². The monoisotopic (exact) mass is 350 g/mol. The van der Waals surface area contributed by atoms with Crippen LogP contribution in [0.5, 0.6) is 0 Å². The number of aliphatic hydroxyl groups excluding tert-OH is 1. The van der Waals surface area contributed by atoms with Crippen molar-refractivity contribution in [3.8, 4) is 11.8 Å². The Morgan fingerprint density at radius 2 is 2.26 bits per heavy atom. The molecular weight excluding hydrogens is 328 g/mol. The Kier molecular flexibility index (Phi) is 5.41. The Hall–Kier alpha value is -0.890. The van der Waals surface area contributed by atoms with Crippen molar-refractivity contribution < 1.29 is 5.11 Å². The lowest BCUT2D eigenvalue weighted by Crippen LogP contribution is -2.40. The highest BCUT2D eigenvalue weighted by Crippen LogP contribution is 2.34. The van der Waals surface area contributed by atoms with Gasteiger partial charge in [-0.05, 0) is 30.4 Å². The average Bonchev–Trinajstić information content (AvgIpc) is 3.08. The topological polar surface area (TPSA) is 36.4 Å². The Morgan fingerprint density at radius 3 is 2.91 bits per heavy atom. The highest BCUT2D eigenvalue weighted by atomic mass is 35.5. The molecule has 1 aromatic heterocycles. The van der Waals surface area contributed by atoms with Gasteiger partial charge in [0.2, 0.25) is 0 Å². The molecule has 0 amide bonds. The van der Waals surface area contributed by atoms with Gasteiger partial charge in [-0.15, -0.1) is 0 Å². The third-order valence-corrected chi connectivity index (χ3v) is 6.25. The van der Waals surface area contributed by atoms with Crippen LogP contribution in [0.15, 0.2) is 12.3 Å². The predicted molar refractivity (Wildman–Crippen MR) is 98.2 cm³/mol. The molecule has 1 atom stereocenters. The molecule has 0 saturated carbocycles. The molecule has 2 fully saturated rings. The normalized spacial score (nSPS) is 23.4. The van der Waals surface area contributed by atoms with Gasteiger partial charge < -0.3 is 10.0 Å². The van der Waals surface area contributed by atoms with Gasteiger partial charge in [-0.25, -0.2) is 4.98 Å². The van der Waals surface area contributed by atoms with Crippen molar-refractivity contribution in [1.29, 1.82) is 0 Å². The number of halogens is 1. The first-order valence-electron chi connectivity index (χ1n) is 8.20. The number of nitrogens with zero attached hydrogens (tertiary/aromatic N) is 2. The SMILES string of the molecule is CC1(CO)CCN(c2cc(Cl)ncc2C#CC2CCSC2)CC1. The summed E-state index contributed by atoms with van der Waals surface area (Å²) in [6.07, 6.45) is 4.95. The summed E-state index contributed by atoms with van der Waals surface area (Å²) in [6.45, 7) is 4.25. The maximum atomic E-state index is 9.54. The fourth-order valence-corrected chi connectivity index (χ4v) is 4.36. The van der Waals surface area contributed by atoms with Crippen LogP contribution in [0.3, 0.4) is 0 Å². The second-order valence-corrected chi connectivity index (χ2v) is 8.35. The first-order valence-corrected chi connectivity index (χ1v) is 9.73. The molecular formula is C18H23ClN2OS.